The molecule has 1 aliphatic heterocycles. The van der Waals surface area contributed by atoms with Crippen LogP contribution in [0.4, 0.5) is 0 Å². The largest absolute Gasteiger partial charge is 0.356 e. The Hall–Kier alpha value is -2.73. The fourth-order valence-corrected chi connectivity index (χ4v) is 4.50. The molecule has 28 heavy (non-hydrogen) atoms. The molecule has 3 aromatic rings. The van der Waals surface area contributed by atoms with Crippen LogP contribution in [0, 0.1) is 0 Å². The maximum atomic E-state index is 12.5. The van der Waals surface area contributed by atoms with Crippen LogP contribution in [0.25, 0.3) is 11.3 Å². The molecule has 0 radical (unpaired) electrons. The first-order valence-electron chi connectivity index (χ1n) is 9.43. The van der Waals surface area contributed by atoms with Gasteiger partial charge in [-0.05, 0) is 30.5 Å². The van der Waals surface area contributed by atoms with Crippen molar-refractivity contribution in [2.45, 2.75) is 24.3 Å². The van der Waals surface area contributed by atoms with Crippen molar-refractivity contribution in [2.75, 3.05) is 13.1 Å². The first-order chi connectivity index (χ1) is 13.7. The van der Waals surface area contributed by atoms with Gasteiger partial charge in [0.15, 0.2) is 5.76 Å². The maximum Gasteiger partial charge on any atom is 0.253 e. The summed E-state index contributed by atoms with van der Waals surface area (Å²) in [4.78, 5) is 14.3. The summed E-state index contributed by atoms with van der Waals surface area (Å²) >= 11 is 0. The zero-order valence-corrected chi connectivity index (χ0v) is 16.4. The van der Waals surface area contributed by atoms with Gasteiger partial charge in [-0.3, -0.25) is 9.00 Å². The van der Waals surface area contributed by atoms with Gasteiger partial charge >= 0.3 is 0 Å². The lowest BCUT2D eigenvalue weighted by molar-refractivity contribution is 0.0793. The second-order valence-corrected chi connectivity index (χ2v) is 8.43. The van der Waals surface area contributed by atoms with E-state index in [1.165, 1.54) is 0 Å². The maximum absolute atomic E-state index is 12.5. The Balaban J connectivity index is 1.35. The van der Waals surface area contributed by atoms with E-state index >= 15 is 0 Å². The van der Waals surface area contributed by atoms with E-state index in [9.17, 15) is 9.00 Å². The highest BCUT2D eigenvalue weighted by molar-refractivity contribution is 7.83. The second kappa shape index (κ2) is 8.52. The van der Waals surface area contributed by atoms with Gasteiger partial charge in [-0.15, -0.1) is 0 Å². The minimum atomic E-state index is -1.10. The normalized spacial score (nSPS) is 14.9. The van der Waals surface area contributed by atoms with Crippen molar-refractivity contribution in [2.24, 2.45) is 0 Å². The lowest BCUT2D eigenvalue weighted by atomic mass is 10.1. The molecule has 0 spiro atoms. The van der Waals surface area contributed by atoms with Crippen LogP contribution in [-0.2, 0) is 22.3 Å². The first-order valence-corrected chi connectivity index (χ1v) is 10.9. The van der Waals surface area contributed by atoms with E-state index in [4.69, 9.17) is 4.52 Å². The Morgan fingerprint density at radius 1 is 1.00 bits per heavy atom. The highest BCUT2D eigenvalue weighted by atomic mass is 32.2. The Morgan fingerprint density at radius 2 is 1.71 bits per heavy atom. The number of carbonyl (C=O) groups excluding carboxylic acids is 1. The molecule has 2 heterocycles. The van der Waals surface area contributed by atoms with Crippen LogP contribution in [0.5, 0.6) is 0 Å². The van der Waals surface area contributed by atoms with E-state index in [1.807, 2.05) is 65.6 Å². The van der Waals surface area contributed by atoms with Crippen LogP contribution in [0.2, 0.25) is 0 Å². The van der Waals surface area contributed by atoms with E-state index < -0.39 is 10.8 Å². The summed E-state index contributed by atoms with van der Waals surface area (Å²) in [6, 6.07) is 19.0. The molecule has 1 aliphatic rings. The number of hydrogen-bond acceptors (Lipinski definition) is 4. The third-order valence-corrected chi connectivity index (χ3v) is 6.12. The van der Waals surface area contributed by atoms with E-state index in [0.717, 1.165) is 37.1 Å². The molecule has 5 nitrogen and oxygen atoms in total. The van der Waals surface area contributed by atoms with Gasteiger partial charge in [0.05, 0.1) is 11.4 Å². The number of carbonyl (C=O) groups is 1. The number of amides is 1. The summed E-state index contributed by atoms with van der Waals surface area (Å²) < 4.78 is 17.9. The quantitative estimate of drug-likeness (QED) is 0.633. The molecule has 6 heteroatoms. The van der Waals surface area contributed by atoms with Crippen molar-refractivity contribution in [3.8, 4) is 11.3 Å². The van der Waals surface area contributed by atoms with Crippen molar-refractivity contribution in [3.05, 3.63) is 77.5 Å². The van der Waals surface area contributed by atoms with Crippen LogP contribution < -0.4 is 0 Å². The van der Waals surface area contributed by atoms with Gasteiger partial charge < -0.3 is 9.42 Å². The summed E-state index contributed by atoms with van der Waals surface area (Å²) in [6.45, 7) is 1.68. The first kappa shape index (κ1) is 18.6. The number of rotatable bonds is 6. The van der Waals surface area contributed by atoms with Gasteiger partial charge in [-0.25, -0.2) is 0 Å². The average Bonchev–Trinajstić information content (AvgIpc) is 3.41. The summed E-state index contributed by atoms with van der Waals surface area (Å²) in [5.74, 6) is 1.52. The van der Waals surface area contributed by atoms with Gasteiger partial charge in [0.2, 0.25) is 0 Å². The van der Waals surface area contributed by atoms with Crippen LogP contribution >= 0.6 is 0 Å². The van der Waals surface area contributed by atoms with Crippen LogP contribution in [0.1, 0.15) is 34.5 Å². The highest BCUT2D eigenvalue weighted by Gasteiger charge is 2.19. The van der Waals surface area contributed by atoms with Crippen LogP contribution in [-0.4, -0.2) is 33.3 Å². The number of benzene rings is 2. The SMILES string of the molecule is O=C(c1ccc(CS(=O)Cc2cc(-c3ccccc3)on2)cc1)N1CCCC1. The number of likely N-dealkylation sites (tertiary alicyclic amines) is 1. The lowest BCUT2D eigenvalue weighted by Crippen LogP contribution is -2.27. The molecule has 1 atom stereocenters. The highest BCUT2D eigenvalue weighted by Crippen LogP contribution is 2.21. The molecule has 1 fully saturated rings. The number of hydrogen-bond donors (Lipinski definition) is 0. The van der Waals surface area contributed by atoms with E-state index in [-0.39, 0.29) is 5.91 Å². The van der Waals surface area contributed by atoms with Crippen molar-refractivity contribution >= 4 is 16.7 Å². The summed E-state index contributed by atoms with van der Waals surface area (Å²) in [5, 5.41) is 4.04. The molecular formula is C22H22N2O3S. The predicted octanol–water partition coefficient (Wildman–Crippen LogP) is 4.03. The topological polar surface area (TPSA) is 63.4 Å². The number of nitrogens with zero attached hydrogens (tertiary/aromatic N) is 2. The van der Waals surface area contributed by atoms with Gasteiger partial charge in [-0.1, -0.05) is 47.6 Å². The molecule has 0 aliphatic carbocycles. The van der Waals surface area contributed by atoms with E-state index in [2.05, 4.69) is 5.16 Å². The standard InChI is InChI=1S/C22H22N2O3S/c25-22(24-12-4-5-13-24)19-10-8-17(9-11-19)15-28(26)16-20-14-21(27-23-20)18-6-2-1-3-7-18/h1-3,6-11,14H,4-5,12-13,15-16H2. The zero-order chi connectivity index (χ0) is 19.3. The smallest absolute Gasteiger partial charge is 0.253 e. The van der Waals surface area contributed by atoms with Gasteiger partial charge in [-0.2, -0.15) is 0 Å². The molecule has 1 amide bonds. The molecule has 0 N–H and O–H groups in total. The van der Waals surface area contributed by atoms with Crippen molar-refractivity contribution in [1.82, 2.24) is 10.1 Å². The van der Waals surface area contributed by atoms with Crippen molar-refractivity contribution < 1.29 is 13.5 Å². The molecule has 0 bridgehead atoms. The average molecular weight is 394 g/mol. The molecule has 1 saturated heterocycles. The Bertz CT molecular complexity index is 961. The Labute approximate surface area is 166 Å². The number of aromatic nitrogens is 1. The zero-order valence-electron chi connectivity index (χ0n) is 15.5. The fourth-order valence-electron chi connectivity index (χ4n) is 3.37. The van der Waals surface area contributed by atoms with E-state index in [0.29, 0.717) is 28.5 Å². The lowest BCUT2D eigenvalue weighted by Gasteiger charge is -2.15. The minimum Gasteiger partial charge on any atom is -0.356 e. The summed E-state index contributed by atoms with van der Waals surface area (Å²) in [5.41, 5.74) is 3.27. The second-order valence-electron chi connectivity index (χ2n) is 6.97. The third-order valence-electron chi connectivity index (χ3n) is 4.85. The molecular weight excluding hydrogens is 372 g/mol. The molecule has 144 valence electrons. The Morgan fingerprint density at radius 3 is 2.43 bits per heavy atom. The monoisotopic (exact) mass is 394 g/mol. The predicted molar refractivity (Wildman–Crippen MR) is 109 cm³/mol. The van der Waals surface area contributed by atoms with Crippen LogP contribution in [0.15, 0.2) is 65.2 Å². The van der Waals surface area contributed by atoms with Crippen molar-refractivity contribution in [3.63, 3.8) is 0 Å². The Kier molecular flexibility index (Phi) is 5.67. The molecule has 1 unspecified atom stereocenters. The summed E-state index contributed by atoms with van der Waals surface area (Å²) in [7, 11) is -1.10. The van der Waals surface area contributed by atoms with E-state index in [1.54, 1.807) is 0 Å². The van der Waals surface area contributed by atoms with Gasteiger partial charge in [0.25, 0.3) is 5.91 Å². The van der Waals surface area contributed by atoms with Crippen LogP contribution in [0.3, 0.4) is 0 Å². The minimum absolute atomic E-state index is 0.0845. The molecule has 2 aromatic carbocycles. The van der Waals surface area contributed by atoms with Crippen molar-refractivity contribution in [1.29, 1.82) is 0 Å². The third kappa shape index (κ3) is 4.39. The molecule has 0 saturated carbocycles. The molecule has 4 rings (SSSR count). The van der Waals surface area contributed by atoms with Gasteiger partial charge in [0, 0.05) is 46.8 Å². The fraction of sp³-hybridized carbons (Fsp3) is 0.273. The summed E-state index contributed by atoms with van der Waals surface area (Å²) in [6.07, 6.45) is 2.16. The molecule has 1 aromatic heterocycles. The van der Waals surface area contributed by atoms with Gasteiger partial charge in [0.1, 0.15) is 0 Å².